The molecule has 1 atom stereocenters. The fourth-order valence-corrected chi connectivity index (χ4v) is 2.05. The molecular weight excluding hydrogens is 194 g/mol. The van der Waals surface area contributed by atoms with Crippen LogP contribution in [0.5, 0.6) is 0 Å². The molecule has 0 aliphatic heterocycles. The Labute approximate surface area is 88.4 Å². The zero-order chi connectivity index (χ0) is 11.1. The molecule has 0 aromatic carbocycles. The third-order valence-electron chi connectivity index (χ3n) is 2.95. The van der Waals surface area contributed by atoms with E-state index in [1.165, 1.54) is 7.11 Å². The van der Waals surface area contributed by atoms with E-state index in [9.17, 15) is 4.79 Å². The quantitative estimate of drug-likeness (QED) is 0.741. The van der Waals surface area contributed by atoms with Crippen LogP contribution in [-0.4, -0.2) is 13.1 Å². The Kier molecular flexibility index (Phi) is 2.31. The van der Waals surface area contributed by atoms with Crippen molar-refractivity contribution in [1.82, 2.24) is 0 Å². The van der Waals surface area contributed by atoms with Crippen molar-refractivity contribution < 1.29 is 13.9 Å². The molecule has 4 heteroatoms. The molecule has 0 spiro atoms. The number of ether oxygens (including phenoxy) is 1. The molecule has 1 aliphatic rings. The van der Waals surface area contributed by atoms with Crippen LogP contribution in [-0.2, 0) is 27.9 Å². The first kappa shape index (κ1) is 10.2. The zero-order valence-corrected chi connectivity index (χ0v) is 9.00. The van der Waals surface area contributed by atoms with Crippen molar-refractivity contribution in [1.29, 1.82) is 0 Å². The van der Waals surface area contributed by atoms with E-state index < -0.39 is 11.5 Å². The molecule has 0 radical (unpaired) electrons. The summed E-state index contributed by atoms with van der Waals surface area (Å²) in [5, 5.41) is 0. The van der Waals surface area contributed by atoms with Gasteiger partial charge in [0, 0.05) is 6.42 Å². The fraction of sp³-hybridized carbons (Fsp3) is 0.545. The predicted octanol–water partition coefficient (Wildman–Crippen LogP) is 1.12. The van der Waals surface area contributed by atoms with Crippen molar-refractivity contribution in [3.8, 4) is 0 Å². The highest BCUT2D eigenvalue weighted by Gasteiger charge is 2.46. The van der Waals surface area contributed by atoms with Crippen molar-refractivity contribution in [3.63, 3.8) is 0 Å². The molecule has 0 saturated carbocycles. The molecular formula is C11H15NO3. The lowest BCUT2D eigenvalue weighted by atomic mass is 9.99. The number of hydrogen-bond acceptors (Lipinski definition) is 4. The van der Waals surface area contributed by atoms with Crippen molar-refractivity contribution in [2.75, 3.05) is 7.11 Å². The highest BCUT2D eigenvalue weighted by Crippen LogP contribution is 2.37. The highest BCUT2D eigenvalue weighted by molar-refractivity contribution is 5.83. The number of esters is 1. The molecule has 0 bridgehead atoms. The van der Waals surface area contributed by atoms with Gasteiger partial charge in [-0.25, -0.2) is 4.79 Å². The number of nitrogens with two attached hydrogens (primary N) is 1. The number of hydrogen-bond donors (Lipinski definition) is 1. The van der Waals surface area contributed by atoms with Crippen molar-refractivity contribution in [2.24, 2.45) is 5.73 Å². The summed E-state index contributed by atoms with van der Waals surface area (Å²) < 4.78 is 10.3. The highest BCUT2D eigenvalue weighted by atomic mass is 16.5. The Balaban J connectivity index is 2.42. The maximum absolute atomic E-state index is 11.6. The van der Waals surface area contributed by atoms with Crippen LogP contribution in [0.25, 0.3) is 0 Å². The monoisotopic (exact) mass is 209 g/mol. The summed E-state index contributed by atoms with van der Waals surface area (Å²) in [6, 6.07) is 1.98. The smallest absolute Gasteiger partial charge is 0.333 e. The average Bonchev–Trinajstić information content (AvgIpc) is 2.79. The molecule has 4 nitrogen and oxygen atoms in total. The average molecular weight is 209 g/mol. The maximum atomic E-state index is 11.6. The lowest BCUT2D eigenvalue weighted by Gasteiger charge is -2.19. The number of rotatable bonds is 2. The molecule has 1 unspecified atom stereocenters. The maximum Gasteiger partial charge on any atom is 0.333 e. The SMILES string of the molecule is CCc1cc2c(o1)C(N)(C(=O)OC)CC2. The first-order valence-electron chi connectivity index (χ1n) is 5.11. The van der Waals surface area contributed by atoms with Crippen molar-refractivity contribution >= 4 is 5.97 Å². The molecule has 82 valence electrons. The molecule has 2 N–H and O–H groups in total. The van der Waals surface area contributed by atoms with Gasteiger partial charge in [0.2, 0.25) is 0 Å². The largest absolute Gasteiger partial charge is 0.467 e. The zero-order valence-electron chi connectivity index (χ0n) is 9.00. The van der Waals surface area contributed by atoms with E-state index in [1.54, 1.807) is 0 Å². The minimum absolute atomic E-state index is 0.418. The van der Waals surface area contributed by atoms with Crippen LogP contribution in [0.3, 0.4) is 0 Å². The van der Waals surface area contributed by atoms with E-state index in [4.69, 9.17) is 14.9 Å². The van der Waals surface area contributed by atoms with Gasteiger partial charge >= 0.3 is 5.97 Å². The third kappa shape index (κ3) is 1.36. The lowest BCUT2D eigenvalue weighted by Crippen LogP contribution is -2.43. The predicted molar refractivity (Wildman–Crippen MR) is 54.3 cm³/mol. The standard InChI is InChI=1S/C11H15NO3/c1-3-8-6-7-4-5-11(12,9(7)15-8)10(13)14-2/h6H,3-5,12H2,1-2H3. The van der Waals surface area contributed by atoms with Gasteiger partial charge in [-0.05, 0) is 24.5 Å². The second-order valence-corrected chi connectivity index (χ2v) is 3.88. The van der Waals surface area contributed by atoms with Crippen LogP contribution in [0.2, 0.25) is 0 Å². The summed E-state index contributed by atoms with van der Waals surface area (Å²) in [5.74, 6) is 1.04. The van der Waals surface area contributed by atoms with Crippen LogP contribution < -0.4 is 5.73 Å². The summed E-state index contributed by atoms with van der Waals surface area (Å²) in [4.78, 5) is 11.6. The molecule has 1 aromatic heterocycles. The van der Waals surface area contributed by atoms with E-state index in [2.05, 4.69) is 0 Å². The summed E-state index contributed by atoms with van der Waals surface area (Å²) in [6.45, 7) is 2.00. The molecule has 0 saturated heterocycles. The van der Waals surface area contributed by atoms with Crippen LogP contribution in [0.15, 0.2) is 10.5 Å². The number of fused-ring (bicyclic) bond motifs is 1. The van der Waals surface area contributed by atoms with Gasteiger partial charge in [-0.15, -0.1) is 0 Å². The first-order valence-corrected chi connectivity index (χ1v) is 5.11. The Hall–Kier alpha value is -1.29. The molecule has 1 aromatic rings. The lowest BCUT2D eigenvalue weighted by molar-refractivity contribution is -0.148. The Morgan fingerprint density at radius 1 is 1.73 bits per heavy atom. The number of furan rings is 1. The van der Waals surface area contributed by atoms with Gasteiger partial charge in [-0.2, -0.15) is 0 Å². The van der Waals surface area contributed by atoms with Gasteiger partial charge in [0.05, 0.1) is 7.11 Å². The van der Waals surface area contributed by atoms with Crippen molar-refractivity contribution in [2.45, 2.75) is 31.7 Å². The third-order valence-corrected chi connectivity index (χ3v) is 2.95. The van der Waals surface area contributed by atoms with Gasteiger partial charge < -0.3 is 14.9 Å². The van der Waals surface area contributed by atoms with E-state index in [0.29, 0.717) is 12.2 Å². The molecule has 0 amide bonds. The Bertz CT molecular complexity index is 397. The van der Waals surface area contributed by atoms with Gasteiger partial charge in [0.25, 0.3) is 0 Å². The van der Waals surface area contributed by atoms with Crippen LogP contribution in [0.1, 0.15) is 30.4 Å². The Morgan fingerprint density at radius 2 is 2.47 bits per heavy atom. The van der Waals surface area contributed by atoms with Gasteiger partial charge in [0.1, 0.15) is 11.5 Å². The number of methoxy groups -OCH3 is 1. The minimum Gasteiger partial charge on any atom is -0.467 e. The summed E-state index contributed by atoms with van der Waals surface area (Å²) in [5.41, 5.74) is 5.99. The van der Waals surface area contributed by atoms with E-state index in [0.717, 1.165) is 24.2 Å². The van der Waals surface area contributed by atoms with Gasteiger partial charge in [0.15, 0.2) is 5.54 Å². The second-order valence-electron chi connectivity index (χ2n) is 3.88. The normalized spacial score (nSPS) is 23.9. The van der Waals surface area contributed by atoms with Crippen LogP contribution in [0.4, 0.5) is 0 Å². The summed E-state index contributed by atoms with van der Waals surface area (Å²) in [6.07, 6.45) is 2.16. The van der Waals surface area contributed by atoms with E-state index >= 15 is 0 Å². The molecule has 15 heavy (non-hydrogen) atoms. The summed E-state index contributed by atoms with van der Waals surface area (Å²) >= 11 is 0. The minimum atomic E-state index is -1.07. The summed E-state index contributed by atoms with van der Waals surface area (Å²) in [7, 11) is 1.35. The molecule has 1 aliphatic carbocycles. The fourth-order valence-electron chi connectivity index (χ4n) is 2.05. The van der Waals surface area contributed by atoms with Crippen LogP contribution in [0, 0.1) is 0 Å². The van der Waals surface area contributed by atoms with Crippen molar-refractivity contribution in [3.05, 3.63) is 23.2 Å². The number of carbonyl (C=O) groups excluding carboxylic acids is 1. The number of aryl methyl sites for hydroxylation is 2. The first-order chi connectivity index (χ1) is 7.11. The van der Waals surface area contributed by atoms with E-state index in [1.807, 2.05) is 13.0 Å². The molecule has 0 fully saturated rings. The van der Waals surface area contributed by atoms with Gasteiger partial charge in [-0.1, -0.05) is 6.92 Å². The molecule has 1 heterocycles. The molecule has 2 rings (SSSR count). The second kappa shape index (κ2) is 3.38. The van der Waals surface area contributed by atoms with E-state index in [-0.39, 0.29) is 0 Å². The van der Waals surface area contributed by atoms with Crippen LogP contribution >= 0.6 is 0 Å². The van der Waals surface area contributed by atoms with Gasteiger partial charge in [-0.3, -0.25) is 0 Å². The topological polar surface area (TPSA) is 65.5 Å². The number of carbonyl (C=O) groups is 1. The Morgan fingerprint density at radius 3 is 3.07 bits per heavy atom.